The first-order valence-electron chi connectivity index (χ1n) is 11.6. The van der Waals surface area contributed by atoms with Crippen LogP contribution < -0.4 is 14.8 Å². The number of carbonyl (C=O) groups is 4. The van der Waals surface area contributed by atoms with Crippen LogP contribution >= 0.6 is 45.7 Å². The molecule has 2 heterocycles. The first kappa shape index (κ1) is 27.5. The van der Waals surface area contributed by atoms with Crippen LogP contribution in [0, 0.1) is 3.57 Å². The third-order valence-electron chi connectivity index (χ3n) is 5.83. The standard InChI is InChI=1S/C25H25IN2O7S2/c1-4-35-24(31)20-14-7-5-6-8-17(14)36-22(20)27-19(29)12-28-23(30)18(37-25(28)32)11-13-9-15(26)21(34-3)16(10-13)33-2/h9-11H,4-8,12H2,1-3H3,(H,27,29)/b18-11+. The third-order valence-corrected chi connectivity index (χ3v) is 8.75. The van der Waals surface area contributed by atoms with Gasteiger partial charge in [-0.25, -0.2) is 4.79 Å². The van der Waals surface area contributed by atoms with Crippen LogP contribution in [0.15, 0.2) is 17.0 Å². The molecule has 2 aliphatic rings. The number of aryl methyl sites for hydroxylation is 1. The molecule has 2 aromatic rings. The molecule has 37 heavy (non-hydrogen) atoms. The maximum atomic E-state index is 13.0. The van der Waals surface area contributed by atoms with Crippen molar-refractivity contribution in [1.29, 1.82) is 0 Å². The molecular weight excluding hydrogens is 631 g/mol. The fraction of sp³-hybridized carbons (Fsp3) is 0.360. The van der Waals surface area contributed by atoms with Gasteiger partial charge in [0.05, 0.1) is 34.9 Å². The number of hydrogen-bond acceptors (Lipinski definition) is 9. The van der Waals surface area contributed by atoms with E-state index in [1.54, 1.807) is 25.1 Å². The van der Waals surface area contributed by atoms with E-state index in [0.29, 0.717) is 27.6 Å². The van der Waals surface area contributed by atoms with Gasteiger partial charge in [-0.3, -0.25) is 19.3 Å². The molecule has 1 aliphatic carbocycles. The van der Waals surface area contributed by atoms with Gasteiger partial charge in [0, 0.05) is 4.88 Å². The minimum absolute atomic E-state index is 0.194. The lowest BCUT2D eigenvalue weighted by Crippen LogP contribution is -2.36. The molecule has 0 saturated carbocycles. The Kier molecular flexibility index (Phi) is 8.80. The summed E-state index contributed by atoms with van der Waals surface area (Å²) in [5, 5.41) is 2.60. The number of methoxy groups -OCH3 is 2. The normalized spacial score (nSPS) is 16.1. The predicted octanol–water partition coefficient (Wildman–Crippen LogP) is 5.10. The van der Waals surface area contributed by atoms with Crippen LogP contribution in [0.2, 0.25) is 0 Å². The van der Waals surface area contributed by atoms with Crippen LogP contribution in [-0.4, -0.2) is 55.3 Å². The number of rotatable bonds is 8. The molecule has 1 saturated heterocycles. The van der Waals surface area contributed by atoms with E-state index in [1.807, 2.05) is 0 Å². The fourth-order valence-corrected chi connectivity index (χ4v) is 7.17. The number of halogens is 1. The zero-order valence-electron chi connectivity index (χ0n) is 20.5. The molecule has 0 unspecified atom stereocenters. The topological polar surface area (TPSA) is 111 Å². The van der Waals surface area contributed by atoms with Crippen LogP contribution in [0.3, 0.4) is 0 Å². The van der Waals surface area contributed by atoms with Crippen molar-refractivity contribution in [3.63, 3.8) is 0 Å². The maximum Gasteiger partial charge on any atom is 0.341 e. The van der Waals surface area contributed by atoms with Gasteiger partial charge >= 0.3 is 5.97 Å². The van der Waals surface area contributed by atoms with Gasteiger partial charge in [0.1, 0.15) is 11.5 Å². The van der Waals surface area contributed by atoms with E-state index in [4.69, 9.17) is 14.2 Å². The Hall–Kier alpha value is -2.58. The molecule has 1 aromatic carbocycles. The van der Waals surface area contributed by atoms with Crippen molar-refractivity contribution in [2.24, 2.45) is 0 Å². The Morgan fingerprint density at radius 1 is 1.16 bits per heavy atom. The number of esters is 1. The van der Waals surface area contributed by atoms with E-state index in [9.17, 15) is 19.2 Å². The number of nitrogens with one attached hydrogen (secondary N) is 1. The second-order valence-electron chi connectivity index (χ2n) is 8.19. The van der Waals surface area contributed by atoms with Crippen LogP contribution in [-0.2, 0) is 27.2 Å². The quantitative estimate of drug-likeness (QED) is 0.238. The maximum absolute atomic E-state index is 13.0. The highest BCUT2D eigenvalue weighted by molar-refractivity contribution is 14.1. The van der Waals surface area contributed by atoms with Gasteiger partial charge < -0.3 is 19.5 Å². The Morgan fingerprint density at radius 2 is 1.92 bits per heavy atom. The monoisotopic (exact) mass is 656 g/mol. The van der Waals surface area contributed by atoms with Crippen LogP contribution in [0.25, 0.3) is 6.08 Å². The van der Waals surface area contributed by atoms with Gasteiger partial charge in [0.25, 0.3) is 11.1 Å². The van der Waals surface area contributed by atoms with Gasteiger partial charge in [0.2, 0.25) is 5.91 Å². The number of hydrogen-bond donors (Lipinski definition) is 1. The molecule has 0 radical (unpaired) electrons. The highest BCUT2D eigenvalue weighted by Crippen LogP contribution is 2.39. The lowest BCUT2D eigenvalue weighted by molar-refractivity contribution is -0.127. The number of nitrogens with zero attached hydrogens (tertiary/aromatic N) is 1. The summed E-state index contributed by atoms with van der Waals surface area (Å²) in [6.07, 6.45) is 5.15. The van der Waals surface area contributed by atoms with E-state index < -0.39 is 29.6 Å². The lowest BCUT2D eigenvalue weighted by Gasteiger charge is -2.13. The highest BCUT2D eigenvalue weighted by atomic mass is 127. The van der Waals surface area contributed by atoms with Crippen molar-refractivity contribution in [2.45, 2.75) is 32.6 Å². The van der Waals surface area contributed by atoms with E-state index in [2.05, 4.69) is 27.9 Å². The van der Waals surface area contributed by atoms with Crippen molar-refractivity contribution in [2.75, 3.05) is 32.7 Å². The number of thioether (sulfide) groups is 1. The number of anilines is 1. The summed E-state index contributed by atoms with van der Waals surface area (Å²) >= 11 is 4.22. The lowest BCUT2D eigenvalue weighted by atomic mass is 9.95. The number of fused-ring (bicyclic) bond motifs is 1. The Morgan fingerprint density at radius 3 is 2.62 bits per heavy atom. The summed E-state index contributed by atoms with van der Waals surface area (Å²) in [4.78, 5) is 53.3. The molecule has 0 bridgehead atoms. The number of thiophene rings is 1. The molecule has 1 fully saturated rings. The number of carbonyl (C=O) groups excluding carboxylic acids is 4. The first-order valence-corrected chi connectivity index (χ1v) is 14.3. The number of amides is 3. The second kappa shape index (κ2) is 11.9. The van der Waals surface area contributed by atoms with Gasteiger partial charge in [-0.1, -0.05) is 0 Å². The molecule has 0 spiro atoms. The van der Waals surface area contributed by atoms with Gasteiger partial charge in [-0.05, 0) is 96.3 Å². The van der Waals surface area contributed by atoms with Crippen LogP contribution in [0.1, 0.15) is 46.1 Å². The average molecular weight is 657 g/mol. The minimum atomic E-state index is -0.564. The molecule has 196 valence electrons. The van der Waals surface area contributed by atoms with Crippen molar-refractivity contribution < 1.29 is 33.4 Å². The molecule has 1 N–H and O–H groups in total. The zero-order chi connectivity index (χ0) is 26.7. The number of imide groups is 1. The smallest absolute Gasteiger partial charge is 0.341 e. The predicted molar refractivity (Wildman–Crippen MR) is 150 cm³/mol. The minimum Gasteiger partial charge on any atom is -0.493 e. The van der Waals surface area contributed by atoms with E-state index >= 15 is 0 Å². The SMILES string of the molecule is CCOC(=O)c1c(NC(=O)CN2C(=O)S/C(=C/c3cc(I)c(OC)c(OC)c3)C2=O)sc2c1CCCC2. The van der Waals surface area contributed by atoms with E-state index in [1.165, 1.54) is 25.6 Å². The molecule has 1 aromatic heterocycles. The number of ether oxygens (including phenoxy) is 3. The highest BCUT2D eigenvalue weighted by Gasteiger charge is 2.37. The molecule has 1 aliphatic heterocycles. The van der Waals surface area contributed by atoms with Crippen LogP contribution in [0.5, 0.6) is 11.5 Å². The van der Waals surface area contributed by atoms with Crippen LogP contribution in [0.4, 0.5) is 9.80 Å². The summed E-state index contributed by atoms with van der Waals surface area (Å²) in [6, 6.07) is 3.51. The van der Waals surface area contributed by atoms with E-state index in [-0.39, 0.29) is 11.5 Å². The summed E-state index contributed by atoms with van der Waals surface area (Å²) in [5.41, 5.74) is 1.95. The average Bonchev–Trinajstić information content (AvgIpc) is 3.35. The van der Waals surface area contributed by atoms with Crippen molar-refractivity contribution in [3.05, 3.63) is 42.2 Å². The first-order chi connectivity index (χ1) is 17.8. The second-order valence-corrected chi connectivity index (χ2v) is 11.5. The molecule has 12 heteroatoms. The van der Waals surface area contributed by atoms with Gasteiger partial charge in [0.15, 0.2) is 11.5 Å². The molecular formula is C25H25IN2O7S2. The Balaban J connectivity index is 1.51. The Bertz CT molecular complexity index is 1300. The molecule has 9 nitrogen and oxygen atoms in total. The van der Waals surface area contributed by atoms with E-state index in [0.717, 1.165) is 56.4 Å². The molecule has 3 amide bonds. The van der Waals surface area contributed by atoms with Gasteiger partial charge in [-0.15, -0.1) is 11.3 Å². The van der Waals surface area contributed by atoms with Crippen molar-refractivity contribution >= 4 is 79.8 Å². The van der Waals surface area contributed by atoms with Gasteiger partial charge in [-0.2, -0.15) is 0 Å². The summed E-state index contributed by atoms with van der Waals surface area (Å²) in [5.74, 6) is -0.534. The summed E-state index contributed by atoms with van der Waals surface area (Å²) < 4.78 is 16.7. The zero-order valence-corrected chi connectivity index (χ0v) is 24.3. The number of benzene rings is 1. The third kappa shape index (κ3) is 5.80. The Labute approximate surface area is 236 Å². The molecule has 0 atom stereocenters. The van der Waals surface area contributed by atoms with Crippen molar-refractivity contribution in [1.82, 2.24) is 4.90 Å². The summed E-state index contributed by atoms with van der Waals surface area (Å²) in [7, 11) is 3.05. The summed E-state index contributed by atoms with van der Waals surface area (Å²) in [6.45, 7) is 1.49. The van der Waals surface area contributed by atoms with Crippen molar-refractivity contribution in [3.8, 4) is 11.5 Å². The largest absolute Gasteiger partial charge is 0.493 e. The fourth-order valence-electron chi connectivity index (χ4n) is 4.19. The molecule has 4 rings (SSSR count).